The number of amides is 1. The van der Waals surface area contributed by atoms with Crippen molar-refractivity contribution in [2.24, 2.45) is 5.41 Å². The van der Waals surface area contributed by atoms with Crippen molar-refractivity contribution in [3.05, 3.63) is 53.1 Å². The molecule has 2 atom stereocenters. The number of fused-ring (bicyclic) bond motifs is 7. The molecular weight excluding hydrogens is 522 g/mol. The molecule has 2 aromatic carbocycles. The van der Waals surface area contributed by atoms with E-state index in [1.165, 1.54) is 60.7 Å². The Labute approximate surface area is 240 Å². The van der Waals surface area contributed by atoms with Crippen LogP contribution in [0.1, 0.15) is 85.7 Å². The van der Waals surface area contributed by atoms with Gasteiger partial charge in [-0.25, -0.2) is 4.31 Å². The van der Waals surface area contributed by atoms with Crippen LogP contribution >= 0.6 is 12.1 Å². The summed E-state index contributed by atoms with van der Waals surface area (Å²) in [7, 11) is 5.14. The van der Waals surface area contributed by atoms with Crippen LogP contribution in [0, 0.1) is 5.41 Å². The number of hydrogen-bond donors (Lipinski definition) is 1. The summed E-state index contributed by atoms with van der Waals surface area (Å²) in [5.74, 6) is 1.03. The third kappa shape index (κ3) is 4.40. The highest BCUT2D eigenvalue weighted by Gasteiger charge is 2.63. The number of esters is 1. The van der Waals surface area contributed by atoms with Crippen LogP contribution in [-0.2, 0) is 16.1 Å². The van der Waals surface area contributed by atoms with E-state index < -0.39 is 5.41 Å². The van der Waals surface area contributed by atoms with Gasteiger partial charge in [0.25, 0.3) is 5.91 Å². The Balaban J connectivity index is 1.55. The fraction of sp³-hybridized carbons (Fsp3) is 0.500. The summed E-state index contributed by atoms with van der Waals surface area (Å²) in [6.07, 6.45) is 6.78. The Hall–Kier alpha value is -2.97. The van der Waals surface area contributed by atoms with Crippen LogP contribution in [0.2, 0.25) is 0 Å². The normalized spacial score (nSPS) is 21.9. The van der Waals surface area contributed by atoms with E-state index in [1.54, 1.807) is 7.11 Å². The minimum absolute atomic E-state index is 0.0775. The molecule has 1 aliphatic heterocycles. The Kier molecular flexibility index (Phi) is 7.11. The number of benzene rings is 2. The van der Waals surface area contributed by atoms with Gasteiger partial charge in [0.1, 0.15) is 5.75 Å². The average Bonchev–Trinajstić information content (AvgIpc) is 3.65. The van der Waals surface area contributed by atoms with E-state index in [1.807, 2.05) is 29.6 Å². The molecule has 1 N–H and O–H groups in total. The van der Waals surface area contributed by atoms with Crippen molar-refractivity contribution in [3.8, 4) is 17.0 Å². The molecule has 2 unspecified atom stereocenters. The van der Waals surface area contributed by atoms with Crippen LogP contribution in [0.5, 0.6) is 5.75 Å². The van der Waals surface area contributed by atoms with Crippen molar-refractivity contribution in [2.75, 3.05) is 21.3 Å². The first-order chi connectivity index (χ1) is 19.3. The zero-order valence-corrected chi connectivity index (χ0v) is 24.9. The minimum atomic E-state index is -0.620. The van der Waals surface area contributed by atoms with E-state index in [4.69, 9.17) is 9.47 Å². The lowest BCUT2D eigenvalue weighted by atomic mass is 9.81. The summed E-state index contributed by atoms with van der Waals surface area (Å²) in [4.78, 5) is 26.6. The molecular formula is C32H39N3O4S. The second-order valence-electron chi connectivity index (χ2n) is 11.9. The molecule has 3 aliphatic rings. The van der Waals surface area contributed by atoms with E-state index in [0.717, 1.165) is 36.1 Å². The summed E-state index contributed by atoms with van der Waals surface area (Å²) < 4.78 is 18.4. The molecule has 2 fully saturated rings. The second kappa shape index (κ2) is 10.5. The Bertz CT molecular complexity index is 1470. The summed E-state index contributed by atoms with van der Waals surface area (Å²) in [5.41, 5.74) is 5.91. The Morgan fingerprint density at radius 1 is 1.10 bits per heavy atom. The third-order valence-corrected chi connectivity index (χ3v) is 10.4. The summed E-state index contributed by atoms with van der Waals surface area (Å²) in [6, 6.07) is 12.7. The van der Waals surface area contributed by atoms with Crippen molar-refractivity contribution in [2.45, 2.75) is 76.8 Å². The van der Waals surface area contributed by atoms with Gasteiger partial charge in [0.15, 0.2) is 0 Å². The zero-order chi connectivity index (χ0) is 28.2. The maximum Gasteiger partial charge on any atom is 0.314 e. The third-order valence-electron chi connectivity index (χ3n) is 9.39. The molecule has 8 heteroatoms. The summed E-state index contributed by atoms with van der Waals surface area (Å²) >= 11 is 1.31. The van der Waals surface area contributed by atoms with Crippen LogP contribution < -0.4 is 9.46 Å². The molecule has 3 aromatic rings. The number of hydrogen-bond acceptors (Lipinski definition) is 6. The van der Waals surface area contributed by atoms with Crippen LogP contribution in [-0.4, -0.2) is 48.1 Å². The molecule has 0 radical (unpaired) electrons. The van der Waals surface area contributed by atoms with Gasteiger partial charge in [-0.1, -0.05) is 25.3 Å². The Morgan fingerprint density at radius 2 is 1.88 bits per heavy atom. The lowest BCUT2D eigenvalue weighted by Gasteiger charge is -2.24. The molecule has 212 valence electrons. The standard InChI is InChI=1S/C32H39N3O4S/c1-19(2)34(3)40-33-30(36)21-11-13-24-27(15-21)35-18-32(31(37)39-5)17-26(32)25-16-22(38-4)12-14-23(25)29(35)28(24)20-9-7-6-8-10-20/h11-16,19-20,26H,6-10,17-18H2,1-5H3,(H,33,36). The van der Waals surface area contributed by atoms with Gasteiger partial charge in [-0.15, -0.1) is 0 Å². The second-order valence-corrected chi connectivity index (χ2v) is 12.9. The quantitative estimate of drug-likeness (QED) is 0.257. The molecule has 1 amide bonds. The SMILES string of the molecule is COC(=O)C12CC1c1cc(OC)ccc1-c1c(C3CCCCC3)c3ccc(C(=O)NSN(C)C(C)C)cc3n1C2. The van der Waals surface area contributed by atoms with E-state index in [2.05, 4.69) is 41.3 Å². The highest BCUT2D eigenvalue weighted by Crippen LogP contribution is 2.66. The topological polar surface area (TPSA) is 72.8 Å². The number of carbonyl (C=O) groups excluding carboxylic acids is 2. The lowest BCUT2D eigenvalue weighted by molar-refractivity contribution is -0.147. The van der Waals surface area contributed by atoms with Gasteiger partial charge < -0.3 is 14.0 Å². The smallest absolute Gasteiger partial charge is 0.314 e. The molecule has 0 spiro atoms. The van der Waals surface area contributed by atoms with Crippen molar-refractivity contribution >= 4 is 34.9 Å². The number of methoxy groups -OCH3 is 2. The fourth-order valence-electron chi connectivity index (χ4n) is 6.89. The van der Waals surface area contributed by atoms with Crippen LogP contribution in [0.25, 0.3) is 22.2 Å². The summed E-state index contributed by atoms with van der Waals surface area (Å²) in [6.45, 7) is 4.71. The van der Waals surface area contributed by atoms with E-state index >= 15 is 0 Å². The molecule has 2 aliphatic carbocycles. The van der Waals surface area contributed by atoms with Gasteiger partial charge in [0.05, 0.1) is 25.3 Å². The van der Waals surface area contributed by atoms with Gasteiger partial charge in [-0.2, -0.15) is 0 Å². The Morgan fingerprint density at radius 3 is 2.58 bits per heavy atom. The van der Waals surface area contributed by atoms with Crippen molar-refractivity contribution in [3.63, 3.8) is 0 Å². The molecule has 2 saturated carbocycles. The van der Waals surface area contributed by atoms with E-state index in [0.29, 0.717) is 24.1 Å². The lowest BCUT2D eigenvalue weighted by Crippen LogP contribution is -2.27. The van der Waals surface area contributed by atoms with E-state index in [9.17, 15) is 9.59 Å². The molecule has 7 nitrogen and oxygen atoms in total. The molecule has 6 rings (SSSR count). The first kappa shape index (κ1) is 27.2. The maximum absolute atomic E-state index is 13.3. The van der Waals surface area contributed by atoms with Crippen LogP contribution in [0.3, 0.4) is 0 Å². The molecule has 0 bridgehead atoms. The molecule has 40 heavy (non-hydrogen) atoms. The average molecular weight is 562 g/mol. The monoisotopic (exact) mass is 561 g/mol. The van der Waals surface area contributed by atoms with Gasteiger partial charge in [-0.05, 0) is 87.5 Å². The first-order valence-electron chi connectivity index (χ1n) is 14.4. The highest BCUT2D eigenvalue weighted by molar-refractivity contribution is 7.95. The van der Waals surface area contributed by atoms with Gasteiger partial charge in [0, 0.05) is 52.7 Å². The fourth-order valence-corrected chi connectivity index (χ4v) is 7.44. The number of rotatable bonds is 7. The van der Waals surface area contributed by atoms with Gasteiger partial charge in [0.2, 0.25) is 0 Å². The predicted octanol–water partition coefficient (Wildman–Crippen LogP) is 6.66. The van der Waals surface area contributed by atoms with Crippen molar-refractivity contribution in [1.82, 2.24) is 13.6 Å². The maximum atomic E-state index is 13.3. The predicted molar refractivity (Wildman–Crippen MR) is 160 cm³/mol. The van der Waals surface area contributed by atoms with Gasteiger partial charge >= 0.3 is 5.97 Å². The zero-order valence-electron chi connectivity index (χ0n) is 24.1. The van der Waals surface area contributed by atoms with Crippen molar-refractivity contribution < 1.29 is 19.1 Å². The molecule has 0 saturated heterocycles. The number of nitrogens with one attached hydrogen (secondary N) is 1. The van der Waals surface area contributed by atoms with Crippen molar-refractivity contribution in [1.29, 1.82) is 0 Å². The number of carbonyl (C=O) groups is 2. The number of aromatic nitrogens is 1. The highest BCUT2D eigenvalue weighted by atomic mass is 32.2. The minimum Gasteiger partial charge on any atom is -0.497 e. The number of ether oxygens (including phenoxy) is 2. The largest absolute Gasteiger partial charge is 0.497 e. The number of nitrogens with zero attached hydrogens (tertiary/aromatic N) is 2. The summed E-state index contributed by atoms with van der Waals surface area (Å²) in [5, 5.41) is 1.19. The first-order valence-corrected chi connectivity index (χ1v) is 15.2. The molecule has 1 aromatic heterocycles. The van der Waals surface area contributed by atoms with E-state index in [-0.39, 0.29) is 17.8 Å². The van der Waals surface area contributed by atoms with Crippen LogP contribution in [0.4, 0.5) is 0 Å². The molecule has 2 heterocycles. The van der Waals surface area contributed by atoms with Crippen LogP contribution in [0.15, 0.2) is 36.4 Å². The van der Waals surface area contributed by atoms with Gasteiger partial charge in [-0.3, -0.25) is 14.3 Å².